The van der Waals surface area contributed by atoms with E-state index in [1.165, 1.54) is 17.4 Å². The van der Waals surface area contributed by atoms with E-state index in [1.54, 1.807) is 22.6 Å². The smallest absolute Gasteiger partial charge is 0.274 e. The molecule has 0 atom stereocenters. The van der Waals surface area contributed by atoms with Crippen molar-refractivity contribution in [1.82, 2.24) is 19.2 Å². The van der Waals surface area contributed by atoms with Gasteiger partial charge in [0.25, 0.3) is 5.56 Å². The van der Waals surface area contributed by atoms with Crippen LogP contribution in [-0.4, -0.2) is 19.2 Å². The summed E-state index contributed by atoms with van der Waals surface area (Å²) in [6.45, 7) is 0.134. The zero-order valence-corrected chi connectivity index (χ0v) is 21.9. The number of nitrogens with zero attached hydrogens (tertiary/aromatic N) is 4. The third-order valence-corrected chi connectivity index (χ3v) is 7.64. The molecule has 8 heteroatoms. The topological polar surface area (TPSA) is 61.4 Å². The molecule has 194 valence electrons. The second-order valence-corrected chi connectivity index (χ2v) is 10.3. The minimum Gasteiger partial charge on any atom is -0.489 e. The van der Waals surface area contributed by atoms with Crippen LogP contribution in [0.2, 0.25) is 0 Å². The second kappa shape index (κ2) is 9.91. The normalized spacial score (nSPS) is 12.0. The van der Waals surface area contributed by atoms with E-state index in [9.17, 15) is 9.18 Å². The van der Waals surface area contributed by atoms with Crippen molar-refractivity contribution in [2.24, 2.45) is 0 Å². The van der Waals surface area contributed by atoms with Gasteiger partial charge in [-0.05, 0) is 60.7 Å². The Hall–Kier alpha value is -5.08. The van der Waals surface area contributed by atoms with Crippen LogP contribution in [0.25, 0.3) is 39.0 Å². The lowest BCUT2D eigenvalue weighted by Gasteiger charge is -2.08. The molecule has 0 unspecified atom stereocenters. The standard InChI is InChI=1S/C32H21FN4O2S/c33-26-11-5-4-8-22(26)20-39-25-16-14-21(15-17-25)30-23(19-36(35-30)24-9-2-1-3-10-24)18-29-31(38)37-28-13-7-6-12-27(28)34-32(37)40-29/h1-19H,20H2. The molecule has 0 saturated heterocycles. The first-order valence-corrected chi connectivity index (χ1v) is 13.5. The lowest BCUT2D eigenvalue weighted by Crippen LogP contribution is -2.22. The van der Waals surface area contributed by atoms with Gasteiger partial charge in [0.05, 0.1) is 21.3 Å². The van der Waals surface area contributed by atoms with Crippen molar-refractivity contribution in [3.63, 3.8) is 0 Å². The summed E-state index contributed by atoms with van der Waals surface area (Å²) in [5.74, 6) is 0.325. The number of thiazole rings is 1. The first-order valence-electron chi connectivity index (χ1n) is 12.7. The monoisotopic (exact) mass is 544 g/mol. The summed E-state index contributed by atoms with van der Waals surface area (Å²) < 4.78 is 23.8. The van der Waals surface area contributed by atoms with Crippen LogP contribution in [0.5, 0.6) is 5.75 Å². The molecule has 0 bridgehead atoms. The Kier molecular flexibility index (Phi) is 5.94. The van der Waals surface area contributed by atoms with Crippen LogP contribution < -0.4 is 14.8 Å². The van der Waals surface area contributed by atoms with Gasteiger partial charge >= 0.3 is 0 Å². The molecule has 0 aliphatic carbocycles. The highest BCUT2D eigenvalue weighted by Gasteiger charge is 2.15. The van der Waals surface area contributed by atoms with E-state index in [0.29, 0.717) is 20.8 Å². The summed E-state index contributed by atoms with van der Waals surface area (Å²) in [7, 11) is 0. The highest BCUT2D eigenvalue weighted by molar-refractivity contribution is 7.15. The Balaban J connectivity index is 1.28. The Morgan fingerprint density at radius 1 is 0.875 bits per heavy atom. The second-order valence-electron chi connectivity index (χ2n) is 9.25. The molecule has 0 spiro atoms. The maximum atomic E-state index is 14.0. The van der Waals surface area contributed by atoms with Crippen LogP contribution in [0.15, 0.2) is 114 Å². The van der Waals surface area contributed by atoms with E-state index >= 15 is 0 Å². The fourth-order valence-electron chi connectivity index (χ4n) is 4.67. The number of hydrogen-bond acceptors (Lipinski definition) is 5. The number of aromatic nitrogens is 4. The molecule has 0 aliphatic heterocycles. The van der Waals surface area contributed by atoms with Gasteiger partial charge in [0.1, 0.15) is 23.9 Å². The molecule has 0 amide bonds. The van der Waals surface area contributed by atoms with Gasteiger partial charge in [-0.1, -0.05) is 59.9 Å². The van der Waals surface area contributed by atoms with Gasteiger partial charge in [-0.3, -0.25) is 4.79 Å². The molecule has 0 fully saturated rings. The third kappa shape index (κ3) is 4.34. The van der Waals surface area contributed by atoms with Gasteiger partial charge in [0, 0.05) is 22.9 Å². The average Bonchev–Trinajstić information content (AvgIpc) is 3.66. The summed E-state index contributed by atoms with van der Waals surface area (Å²) in [5, 5.41) is 4.88. The predicted octanol–water partition coefficient (Wildman–Crippen LogP) is 6.03. The molecule has 7 rings (SSSR count). The zero-order chi connectivity index (χ0) is 27.1. The molecule has 7 aromatic rings. The van der Waals surface area contributed by atoms with Gasteiger partial charge < -0.3 is 4.74 Å². The van der Waals surface area contributed by atoms with Gasteiger partial charge in [-0.2, -0.15) is 5.10 Å². The SMILES string of the molecule is O=c1c(=Cc2cn(-c3ccccc3)nc2-c2ccc(OCc3ccccc3F)cc2)sc2nc3ccccc3n12. The van der Waals surface area contributed by atoms with Crippen molar-refractivity contribution in [2.75, 3.05) is 0 Å². The Morgan fingerprint density at radius 3 is 2.45 bits per heavy atom. The number of rotatable bonds is 6. The van der Waals surface area contributed by atoms with E-state index in [-0.39, 0.29) is 18.0 Å². The van der Waals surface area contributed by atoms with E-state index in [2.05, 4.69) is 4.98 Å². The number of fused-ring (bicyclic) bond motifs is 3. The molecule has 3 heterocycles. The highest BCUT2D eigenvalue weighted by atomic mass is 32.1. The van der Waals surface area contributed by atoms with E-state index in [1.807, 2.05) is 95.8 Å². The minimum atomic E-state index is -0.294. The van der Waals surface area contributed by atoms with Crippen LogP contribution in [0.1, 0.15) is 11.1 Å². The van der Waals surface area contributed by atoms with Crippen molar-refractivity contribution >= 4 is 33.4 Å². The number of para-hydroxylation sites is 3. The van der Waals surface area contributed by atoms with Crippen molar-refractivity contribution in [2.45, 2.75) is 6.61 Å². The molecule has 6 nitrogen and oxygen atoms in total. The van der Waals surface area contributed by atoms with Gasteiger partial charge in [-0.25, -0.2) is 18.5 Å². The largest absolute Gasteiger partial charge is 0.489 e. The van der Waals surface area contributed by atoms with Crippen molar-refractivity contribution < 1.29 is 9.13 Å². The first kappa shape index (κ1) is 24.0. The average molecular weight is 545 g/mol. The van der Waals surface area contributed by atoms with Crippen LogP contribution >= 0.6 is 11.3 Å². The van der Waals surface area contributed by atoms with E-state index in [4.69, 9.17) is 9.84 Å². The summed E-state index contributed by atoms with van der Waals surface area (Å²) in [6.07, 6.45) is 3.80. The maximum absolute atomic E-state index is 14.0. The van der Waals surface area contributed by atoms with E-state index in [0.717, 1.165) is 33.5 Å². The summed E-state index contributed by atoms with van der Waals surface area (Å²) in [6, 6.07) is 31.5. The first-order chi connectivity index (χ1) is 19.6. The number of imidazole rings is 1. The summed E-state index contributed by atoms with van der Waals surface area (Å²) in [4.78, 5) is 18.7. The third-order valence-electron chi connectivity index (χ3n) is 6.67. The quantitative estimate of drug-likeness (QED) is 0.257. The number of hydrogen-bond donors (Lipinski definition) is 0. The molecule has 3 aromatic heterocycles. The van der Waals surface area contributed by atoms with E-state index < -0.39 is 0 Å². The lowest BCUT2D eigenvalue weighted by atomic mass is 10.1. The Morgan fingerprint density at radius 2 is 1.62 bits per heavy atom. The predicted molar refractivity (Wildman–Crippen MR) is 155 cm³/mol. The van der Waals surface area contributed by atoms with Gasteiger partial charge in [-0.15, -0.1) is 0 Å². The highest BCUT2D eigenvalue weighted by Crippen LogP contribution is 2.27. The molecule has 0 radical (unpaired) electrons. The van der Waals surface area contributed by atoms with Crippen LogP contribution in [0.3, 0.4) is 0 Å². The minimum absolute atomic E-state index is 0.107. The maximum Gasteiger partial charge on any atom is 0.274 e. The van der Waals surface area contributed by atoms with Crippen molar-refractivity contribution in [1.29, 1.82) is 0 Å². The lowest BCUT2D eigenvalue weighted by molar-refractivity contribution is 0.300. The molecular formula is C32H21FN4O2S. The molecule has 0 N–H and O–H groups in total. The summed E-state index contributed by atoms with van der Waals surface area (Å²) in [5.41, 5.74) is 5.27. The molecule has 40 heavy (non-hydrogen) atoms. The van der Waals surface area contributed by atoms with Crippen LogP contribution in [-0.2, 0) is 6.61 Å². The Bertz CT molecular complexity index is 2100. The van der Waals surface area contributed by atoms with Gasteiger partial charge in [0.2, 0.25) is 0 Å². The molecular weight excluding hydrogens is 523 g/mol. The van der Waals surface area contributed by atoms with Crippen molar-refractivity contribution in [3.8, 4) is 22.7 Å². The number of halogens is 1. The fourth-order valence-corrected chi connectivity index (χ4v) is 5.65. The fraction of sp³-hybridized carbons (Fsp3) is 0.0312. The van der Waals surface area contributed by atoms with Crippen molar-refractivity contribution in [3.05, 3.63) is 141 Å². The molecule has 0 saturated carbocycles. The zero-order valence-electron chi connectivity index (χ0n) is 21.1. The van der Waals surface area contributed by atoms with Crippen LogP contribution in [0, 0.1) is 5.82 Å². The number of benzene rings is 4. The van der Waals surface area contributed by atoms with Gasteiger partial charge in [0.15, 0.2) is 4.96 Å². The number of ether oxygens (including phenoxy) is 1. The Labute approximate surface area is 231 Å². The van der Waals surface area contributed by atoms with Crippen LogP contribution in [0.4, 0.5) is 4.39 Å². The summed E-state index contributed by atoms with van der Waals surface area (Å²) >= 11 is 1.36. The molecule has 0 aliphatic rings. The molecule has 4 aromatic carbocycles.